The predicted octanol–water partition coefficient (Wildman–Crippen LogP) is 2.39. The number of ether oxygens (including phenoxy) is 2. The number of aldehydes is 1. The molecule has 0 bridgehead atoms. The number of hydrogen-bond donors (Lipinski definition) is 0. The number of carbonyl (C=O) groups is 1. The first-order chi connectivity index (χ1) is 7.72. The lowest BCUT2D eigenvalue weighted by Gasteiger charge is -2.11. The SMILES string of the molecule is CCCCOc1nc(C)cc(OC)c1C=O. The van der Waals surface area contributed by atoms with Gasteiger partial charge in [0.25, 0.3) is 0 Å². The first-order valence-electron chi connectivity index (χ1n) is 5.36. The molecule has 0 aliphatic rings. The van der Waals surface area contributed by atoms with E-state index in [2.05, 4.69) is 11.9 Å². The number of pyridine rings is 1. The van der Waals surface area contributed by atoms with Gasteiger partial charge in [-0.25, -0.2) is 4.98 Å². The van der Waals surface area contributed by atoms with Crippen LogP contribution in [0, 0.1) is 6.92 Å². The minimum Gasteiger partial charge on any atom is -0.496 e. The van der Waals surface area contributed by atoms with Gasteiger partial charge in [-0.15, -0.1) is 0 Å². The lowest BCUT2D eigenvalue weighted by Crippen LogP contribution is -2.04. The second kappa shape index (κ2) is 6.10. The second-order valence-electron chi connectivity index (χ2n) is 3.50. The molecule has 1 aromatic rings. The summed E-state index contributed by atoms with van der Waals surface area (Å²) < 4.78 is 10.6. The first-order valence-corrected chi connectivity index (χ1v) is 5.36. The summed E-state index contributed by atoms with van der Waals surface area (Å²) in [6, 6.07) is 1.72. The van der Waals surface area contributed by atoms with Crippen LogP contribution in [0.2, 0.25) is 0 Å². The van der Waals surface area contributed by atoms with E-state index in [1.807, 2.05) is 6.92 Å². The van der Waals surface area contributed by atoms with Crippen molar-refractivity contribution < 1.29 is 14.3 Å². The summed E-state index contributed by atoms with van der Waals surface area (Å²) in [5.74, 6) is 0.870. The third kappa shape index (κ3) is 2.95. The van der Waals surface area contributed by atoms with Crippen LogP contribution in [-0.2, 0) is 0 Å². The molecule has 4 heteroatoms. The van der Waals surface area contributed by atoms with Gasteiger partial charge in [0, 0.05) is 11.8 Å². The lowest BCUT2D eigenvalue weighted by atomic mass is 10.2. The Hall–Kier alpha value is -1.58. The van der Waals surface area contributed by atoms with E-state index in [9.17, 15) is 4.79 Å². The lowest BCUT2D eigenvalue weighted by molar-refractivity contribution is 0.111. The highest BCUT2D eigenvalue weighted by Gasteiger charge is 2.12. The molecule has 1 rings (SSSR count). The van der Waals surface area contributed by atoms with Gasteiger partial charge in [0.1, 0.15) is 11.3 Å². The number of hydrogen-bond acceptors (Lipinski definition) is 4. The molecule has 1 heterocycles. The van der Waals surface area contributed by atoms with Crippen LogP contribution < -0.4 is 9.47 Å². The van der Waals surface area contributed by atoms with Crippen LogP contribution in [0.5, 0.6) is 11.6 Å². The first kappa shape index (κ1) is 12.5. The van der Waals surface area contributed by atoms with Gasteiger partial charge in [-0.3, -0.25) is 4.79 Å². The number of rotatable bonds is 6. The molecule has 1 aromatic heterocycles. The maximum absolute atomic E-state index is 11.0. The fourth-order valence-electron chi connectivity index (χ4n) is 1.33. The molecule has 4 nitrogen and oxygen atoms in total. The zero-order valence-corrected chi connectivity index (χ0v) is 9.95. The molecular formula is C12H17NO3. The van der Waals surface area contributed by atoms with Crippen molar-refractivity contribution in [3.05, 3.63) is 17.3 Å². The van der Waals surface area contributed by atoms with Crippen LogP contribution >= 0.6 is 0 Å². The molecule has 0 N–H and O–H groups in total. The molecule has 0 aliphatic heterocycles. The standard InChI is InChI=1S/C12H17NO3/c1-4-5-6-16-12-10(8-14)11(15-3)7-9(2)13-12/h7-8H,4-6H2,1-3H3. The van der Waals surface area contributed by atoms with E-state index in [-0.39, 0.29) is 0 Å². The highest BCUT2D eigenvalue weighted by molar-refractivity contribution is 5.82. The van der Waals surface area contributed by atoms with Crippen LogP contribution in [0.4, 0.5) is 0 Å². The minimum atomic E-state index is 0.361. The summed E-state index contributed by atoms with van der Waals surface area (Å²) in [7, 11) is 1.53. The average Bonchev–Trinajstić information content (AvgIpc) is 2.28. The molecule has 0 spiro atoms. The topological polar surface area (TPSA) is 48.4 Å². The highest BCUT2D eigenvalue weighted by atomic mass is 16.5. The molecule has 0 unspecified atom stereocenters. The molecule has 0 fully saturated rings. The molecule has 0 aliphatic carbocycles. The van der Waals surface area contributed by atoms with Gasteiger partial charge in [-0.05, 0) is 13.3 Å². The summed E-state index contributed by atoms with van der Waals surface area (Å²) in [4.78, 5) is 15.1. The van der Waals surface area contributed by atoms with E-state index >= 15 is 0 Å². The average molecular weight is 223 g/mol. The molecule has 88 valence electrons. The number of nitrogens with zero attached hydrogens (tertiary/aromatic N) is 1. The summed E-state index contributed by atoms with van der Waals surface area (Å²) in [5.41, 5.74) is 1.15. The van der Waals surface area contributed by atoms with Crippen molar-refractivity contribution in [1.29, 1.82) is 0 Å². The number of carbonyl (C=O) groups excluding carboxylic acids is 1. The van der Waals surface area contributed by atoms with E-state index < -0.39 is 0 Å². The van der Waals surface area contributed by atoms with Crippen LogP contribution in [0.1, 0.15) is 35.8 Å². The van der Waals surface area contributed by atoms with Crippen molar-refractivity contribution in [2.24, 2.45) is 0 Å². The molecule has 0 radical (unpaired) electrons. The fraction of sp³-hybridized carbons (Fsp3) is 0.500. The van der Waals surface area contributed by atoms with E-state index in [0.29, 0.717) is 30.1 Å². The Morgan fingerprint density at radius 1 is 1.50 bits per heavy atom. The Morgan fingerprint density at radius 3 is 2.81 bits per heavy atom. The van der Waals surface area contributed by atoms with Gasteiger partial charge in [-0.2, -0.15) is 0 Å². The Balaban J connectivity index is 2.95. The van der Waals surface area contributed by atoms with Gasteiger partial charge < -0.3 is 9.47 Å². The Labute approximate surface area is 95.6 Å². The maximum atomic E-state index is 11.0. The second-order valence-corrected chi connectivity index (χ2v) is 3.50. The molecular weight excluding hydrogens is 206 g/mol. The van der Waals surface area contributed by atoms with E-state index in [1.165, 1.54) is 7.11 Å². The minimum absolute atomic E-state index is 0.361. The van der Waals surface area contributed by atoms with E-state index in [1.54, 1.807) is 6.07 Å². The molecule has 0 amide bonds. The summed E-state index contributed by atoms with van der Waals surface area (Å²) >= 11 is 0. The van der Waals surface area contributed by atoms with Crippen molar-refractivity contribution >= 4 is 6.29 Å². The van der Waals surface area contributed by atoms with Gasteiger partial charge >= 0.3 is 0 Å². The number of unbranched alkanes of at least 4 members (excludes halogenated alkanes) is 1. The zero-order valence-electron chi connectivity index (χ0n) is 9.95. The third-order valence-corrected chi connectivity index (χ3v) is 2.19. The smallest absolute Gasteiger partial charge is 0.228 e. The molecule has 0 aromatic carbocycles. The molecule has 0 saturated carbocycles. The molecule has 0 atom stereocenters. The fourth-order valence-corrected chi connectivity index (χ4v) is 1.33. The van der Waals surface area contributed by atoms with Crippen molar-refractivity contribution in [1.82, 2.24) is 4.98 Å². The largest absolute Gasteiger partial charge is 0.496 e. The van der Waals surface area contributed by atoms with Crippen molar-refractivity contribution in [2.45, 2.75) is 26.7 Å². The summed E-state index contributed by atoms with van der Waals surface area (Å²) in [6.07, 6.45) is 2.70. The van der Waals surface area contributed by atoms with Crippen molar-refractivity contribution in [3.63, 3.8) is 0 Å². The van der Waals surface area contributed by atoms with Crippen LogP contribution in [0.15, 0.2) is 6.07 Å². The number of aryl methyl sites for hydroxylation is 1. The number of methoxy groups -OCH3 is 1. The Morgan fingerprint density at radius 2 is 2.25 bits per heavy atom. The maximum Gasteiger partial charge on any atom is 0.228 e. The normalized spacial score (nSPS) is 9.94. The summed E-state index contributed by atoms with van der Waals surface area (Å²) in [6.45, 7) is 4.48. The van der Waals surface area contributed by atoms with E-state index in [0.717, 1.165) is 18.5 Å². The third-order valence-electron chi connectivity index (χ3n) is 2.19. The van der Waals surface area contributed by atoms with Crippen molar-refractivity contribution in [3.8, 4) is 11.6 Å². The monoisotopic (exact) mass is 223 g/mol. The molecule has 0 saturated heterocycles. The highest BCUT2D eigenvalue weighted by Crippen LogP contribution is 2.25. The zero-order chi connectivity index (χ0) is 12.0. The van der Waals surface area contributed by atoms with Crippen LogP contribution in [0.3, 0.4) is 0 Å². The van der Waals surface area contributed by atoms with Gasteiger partial charge in [0.2, 0.25) is 5.88 Å². The van der Waals surface area contributed by atoms with Gasteiger partial charge in [-0.1, -0.05) is 13.3 Å². The quantitative estimate of drug-likeness (QED) is 0.549. The van der Waals surface area contributed by atoms with Crippen LogP contribution in [0.25, 0.3) is 0 Å². The van der Waals surface area contributed by atoms with Gasteiger partial charge in [0.05, 0.1) is 13.7 Å². The Kier molecular flexibility index (Phi) is 4.76. The number of aromatic nitrogens is 1. The molecule has 16 heavy (non-hydrogen) atoms. The van der Waals surface area contributed by atoms with Crippen LogP contribution in [-0.4, -0.2) is 25.0 Å². The predicted molar refractivity (Wildman–Crippen MR) is 61.3 cm³/mol. The van der Waals surface area contributed by atoms with E-state index in [4.69, 9.17) is 9.47 Å². The van der Waals surface area contributed by atoms with Gasteiger partial charge in [0.15, 0.2) is 6.29 Å². The van der Waals surface area contributed by atoms with Crippen molar-refractivity contribution in [2.75, 3.05) is 13.7 Å². The Bertz CT molecular complexity index is 364. The summed E-state index contributed by atoms with van der Waals surface area (Å²) in [5, 5.41) is 0.